The third kappa shape index (κ3) is 2.91. The van der Waals surface area contributed by atoms with Gasteiger partial charge in [-0.2, -0.15) is 5.10 Å². The van der Waals surface area contributed by atoms with Gasteiger partial charge in [0.25, 0.3) is 5.91 Å². The molecule has 0 bridgehead atoms. The Hall–Kier alpha value is -2.87. The Morgan fingerprint density at radius 2 is 2.27 bits per heavy atom. The Bertz CT molecular complexity index is 842. The van der Waals surface area contributed by atoms with Crippen molar-refractivity contribution in [1.82, 2.24) is 30.0 Å². The van der Waals surface area contributed by atoms with Crippen LogP contribution in [0.4, 0.5) is 0 Å². The molecule has 3 aromatic heterocycles. The first-order chi connectivity index (χ1) is 10.8. The Balaban J connectivity index is 1.79. The molecule has 0 aliphatic heterocycles. The summed E-state index contributed by atoms with van der Waals surface area (Å²) in [4.78, 5) is 23.2. The van der Waals surface area contributed by atoms with Crippen LogP contribution in [-0.2, 0) is 6.54 Å². The molecule has 7 nitrogen and oxygen atoms in total. The molecule has 8 heteroatoms. The van der Waals surface area contributed by atoms with E-state index < -0.39 is 0 Å². The molecular formula is C14H12N6OS. The monoisotopic (exact) mass is 312 g/mol. The van der Waals surface area contributed by atoms with E-state index in [4.69, 9.17) is 12.2 Å². The van der Waals surface area contributed by atoms with Crippen LogP contribution < -0.4 is 5.32 Å². The second-order valence-corrected chi connectivity index (χ2v) is 4.83. The molecule has 0 saturated heterocycles. The smallest absolute Gasteiger partial charge is 0.254 e. The van der Waals surface area contributed by atoms with Gasteiger partial charge in [0.1, 0.15) is 17.3 Å². The first-order valence-corrected chi connectivity index (χ1v) is 6.91. The summed E-state index contributed by atoms with van der Waals surface area (Å²) in [7, 11) is 0. The highest BCUT2D eigenvalue weighted by atomic mass is 32.1. The second kappa shape index (κ2) is 6.27. The minimum Gasteiger partial charge on any atom is -0.352 e. The molecule has 0 aliphatic carbocycles. The number of hydrogen-bond acceptors (Lipinski definition) is 5. The van der Waals surface area contributed by atoms with Crippen LogP contribution in [0.1, 0.15) is 15.9 Å². The highest BCUT2D eigenvalue weighted by Crippen LogP contribution is 2.09. The standard InChI is InChI=1S/C14H12N6OS/c21-13(11-4-2-6-17-14(11)22)18-7-10-3-1-5-16-12(10)20-9-15-8-19-20/h1-6,8-9H,7H2,(H,17,22)(H,18,21). The van der Waals surface area contributed by atoms with Crippen molar-refractivity contribution < 1.29 is 4.79 Å². The normalized spacial score (nSPS) is 10.4. The Labute approximate surface area is 131 Å². The molecule has 0 aliphatic rings. The molecule has 0 spiro atoms. The zero-order valence-corrected chi connectivity index (χ0v) is 12.2. The quantitative estimate of drug-likeness (QED) is 0.715. The van der Waals surface area contributed by atoms with Gasteiger partial charge in [0, 0.05) is 24.5 Å². The molecule has 0 saturated carbocycles. The lowest BCUT2D eigenvalue weighted by Gasteiger charge is -2.09. The van der Waals surface area contributed by atoms with E-state index in [0.717, 1.165) is 5.56 Å². The van der Waals surface area contributed by atoms with Crippen LogP contribution in [-0.4, -0.2) is 30.6 Å². The number of amides is 1. The van der Waals surface area contributed by atoms with Crippen molar-refractivity contribution in [1.29, 1.82) is 0 Å². The average molecular weight is 312 g/mol. The molecule has 3 heterocycles. The lowest BCUT2D eigenvalue weighted by molar-refractivity contribution is 0.0950. The topological polar surface area (TPSA) is 88.5 Å². The number of nitrogens with zero attached hydrogens (tertiary/aromatic N) is 4. The predicted octanol–water partition coefficient (Wildman–Crippen LogP) is 1.65. The summed E-state index contributed by atoms with van der Waals surface area (Å²) in [6.07, 6.45) is 6.33. The summed E-state index contributed by atoms with van der Waals surface area (Å²) in [6.45, 7) is 0.311. The molecular weight excluding hydrogens is 300 g/mol. The summed E-state index contributed by atoms with van der Waals surface area (Å²) >= 11 is 5.10. The number of aromatic nitrogens is 5. The van der Waals surface area contributed by atoms with Gasteiger partial charge in [-0.25, -0.2) is 14.6 Å². The van der Waals surface area contributed by atoms with E-state index in [1.807, 2.05) is 6.07 Å². The van der Waals surface area contributed by atoms with Gasteiger partial charge >= 0.3 is 0 Å². The molecule has 0 unspecified atom stereocenters. The number of rotatable bonds is 4. The number of nitrogens with one attached hydrogen (secondary N) is 2. The van der Waals surface area contributed by atoms with Gasteiger partial charge in [-0.05, 0) is 18.2 Å². The second-order valence-electron chi connectivity index (χ2n) is 4.42. The summed E-state index contributed by atoms with van der Waals surface area (Å²) < 4.78 is 1.96. The van der Waals surface area contributed by atoms with E-state index in [1.165, 1.54) is 6.33 Å². The number of carbonyl (C=O) groups excluding carboxylic acids is 1. The lowest BCUT2D eigenvalue weighted by Crippen LogP contribution is -2.24. The van der Waals surface area contributed by atoms with E-state index in [-0.39, 0.29) is 5.91 Å². The number of pyridine rings is 2. The number of H-pyrrole nitrogens is 1. The SMILES string of the molecule is O=C(NCc1cccnc1-n1cncn1)c1ccc[nH]c1=S. The third-order valence-corrected chi connectivity index (χ3v) is 3.34. The maximum Gasteiger partial charge on any atom is 0.254 e. The average Bonchev–Trinajstić information content (AvgIpc) is 3.07. The van der Waals surface area contributed by atoms with Gasteiger partial charge in [0.05, 0.1) is 5.56 Å². The molecule has 1 amide bonds. The fourth-order valence-corrected chi connectivity index (χ4v) is 2.19. The molecule has 3 aromatic rings. The van der Waals surface area contributed by atoms with Gasteiger partial charge in [0.2, 0.25) is 0 Å². The largest absolute Gasteiger partial charge is 0.352 e. The maximum atomic E-state index is 12.2. The number of aromatic amines is 1. The van der Waals surface area contributed by atoms with Crippen molar-refractivity contribution in [3.63, 3.8) is 0 Å². The highest BCUT2D eigenvalue weighted by molar-refractivity contribution is 7.71. The van der Waals surface area contributed by atoms with Gasteiger partial charge in [0.15, 0.2) is 5.82 Å². The van der Waals surface area contributed by atoms with Crippen LogP contribution in [0.15, 0.2) is 49.3 Å². The van der Waals surface area contributed by atoms with Crippen molar-refractivity contribution in [2.75, 3.05) is 0 Å². The molecule has 0 atom stereocenters. The van der Waals surface area contributed by atoms with Crippen LogP contribution in [0.25, 0.3) is 5.82 Å². The molecule has 3 rings (SSSR count). The van der Waals surface area contributed by atoms with E-state index in [0.29, 0.717) is 22.6 Å². The van der Waals surface area contributed by atoms with Crippen molar-refractivity contribution >= 4 is 18.1 Å². The molecule has 0 radical (unpaired) electrons. The van der Waals surface area contributed by atoms with Gasteiger partial charge in [-0.1, -0.05) is 18.3 Å². The van der Waals surface area contributed by atoms with Crippen LogP contribution in [0.5, 0.6) is 0 Å². The van der Waals surface area contributed by atoms with E-state index >= 15 is 0 Å². The molecule has 22 heavy (non-hydrogen) atoms. The van der Waals surface area contributed by atoms with E-state index in [2.05, 4.69) is 25.4 Å². The van der Waals surface area contributed by atoms with Crippen LogP contribution in [0, 0.1) is 4.64 Å². The van der Waals surface area contributed by atoms with Crippen molar-refractivity contribution in [2.24, 2.45) is 0 Å². The fourth-order valence-electron chi connectivity index (χ4n) is 1.96. The van der Waals surface area contributed by atoms with Gasteiger partial charge in [-0.3, -0.25) is 4.79 Å². The minimum atomic E-state index is -0.241. The van der Waals surface area contributed by atoms with E-state index in [9.17, 15) is 4.79 Å². The Morgan fingerprint density at radius 1 is 1.36 bits per heavy atom. The van der Waals surface area contributed by atoms with Crippen molar-refractivity contribution in [2.45, 2.75) is 6.54 Å². The number of carbonyl (C=O) groups is 1. The minimum absolute atomic E-state index is 0.241. The first-order valence-electron chi connectivity index (χ1n) is 6.50. The molecule has 0 aromatic carbocycles. The van der Waals surface area contributed by atoms with Crippen LogP contribution in [0.3, 0.4) is 0 Å². The third-order valence-electron chi connectivity index (χ3n) is 3.01. The van der Waals surface area contributed by atoms with Crippen LogP contribution >= 0.6 is 12.2 Å². The summed E-state index contributed by atoms with van der Waals surface area (Å²) in [6, 6.07) is 7.08. The summed E-state index contributed by atoms with van der Waals surface area (Å²) in [5.74, 6) is 0.383. The van der Waals surface area contributed by atoms with E-state index in [1.54, 1.807) is 41.6 Å². The molecule has 110 valence electrons. The molecule has 2 N–H and O–H groups in total. The number of hydrogen-bond donors (Lipinski definition) is 2. The Morgan fingerprint density at radius 3 is 3.05 bits per heavy atom. The fraction of sp³-hybridized carbons (Fsp3) is 0.0714. The molecule has 0 fully saturated rings. The summed E-state index contributed by atoms with van der Waals surface area (Å²) in [5, 5.41) is 6.89. The zero-order valence-electron chi connectivity index (χ0n) is 11.4. The predicted molar refractivity (Wildman–Crippen MR) is 82.0 cm³/mol. The maximum absolute atomic E-state index is 12.2. The zero-order chi connectivity index (χ0) is 15.4. The Kier molecular flexibility index (Phi) is 4.01. The van der Waals surface area contributed by atoms with Gasteiger partial charge < -0.3 is 10.3 Å². The first kappa shape index (κ1) is 14.1. The van der Waals surface area contributed by atoms with Gasteiger partial charge in [-0.15, -0.1) is 0 Å². The highest BCUT2D eigenvalue weighted by Gasteiger charge is 2.10. The van der Waals surface area contributed by atoms with Crippen LogP contribution in [0.2, 0.25) is 0 Å². The summed E-state index contributed by atoms with van der Waals surface area (Å²) in [5.41, 5.74) is 1.26. The van der Waals surface area contributed by atoms with Crippen molar-refractivity contribution in [3.05, 3.63) is 65.1 Å². The lowest BCUT2D eigenvalue weighted by atomic mass is 10.2. The van der Waals surface area contributed by atoms with Crippen molar-refractivity contribution in [3.8, 4) is 5.82 Å².